The zero-order valence-electron chi connectivity index (χ0n) is 19.6. The highest BCUT2D eigenvalue weighted by molar-refractivity contribution is 7.14. The van der Waals surface area contributed by atoms with Crippen molar-refractivity contribution in [3.05, 3.63) is 59.0 Å². The molecule has 0 atom stereocenters. The maximum Gasteiger partial charge on any atom is 0.420 e. The molecule has 0 aliphatic rings. The summed E-state index contributed by atoms with van der Waals surface area (Å²) in [7, 11) is 1.10. The number of unbranched alkanes of at least 4 members (excludes halogenated alkanes) is 5. The van der Waals surface area contributed by atoms with Crippen molar-refractivity contribution in [3.8, 4) is 11.3 Å². The molecule has 2 heterocycles. The van der Waals surface area contributed by atoms with E-state index in [2.05, 4.69) is 16.9 Å². The van der Waals surface area contributed by atoms with E-state index in [0.717, 1.165) is 50.2 Å². The molecule has 0 radical (unpaired) electrons. The maximum atomic E-state index is 14.7. The number of aromatic nitrogens is 2. The highest BCUT2D eigenvalue weighted by atomic mass is 32.1. The second-order valence-corrected chi connectivity index (χ2v) is 8.95. The lowest BCUT2D eigenvalue weighted by Gasteiger charge is -2.21. The summed E-state index contributed by atoms with van der Waals surface area (Å²) in [4.78, 5) is 21.5. The van der Waals surface area contributed by atoms with Crippen LogP contribution in [0.4, 0.5) is 33.2 Å². The Labute approximate surface area is 205 Å². The molecule has 0 aliphatic carbocycles. The first-order chi connectivity index (χ1) is 16.8. The molecule has 0 saturated heterocycles. The Balaban J connectivity index is 1.93. The number of carbonyl (C=O) groups excluding carboxylic acids is 1. The van der Waals surface area contributed by atoms with Gasteiger partial charge in [0.2, 0.25) is 10.3 Å². The second kappa shape index (κ2) is 12.1. The smallest absolute Gasteiger partial charge is 0.420 e. The Kier molecular flexibility index (Phi) is 9.20. The first kappa shape index (κ1) is 26.6. The molecule has 0 spiro atoms. The fraction of sp³-hybridized carbons (Fsp3) is 0.400. The predicted molar refractivity (Wildman–Crippen MR) is 128 cm³/mol. The Hall–Kier alpha value is -3.01. The molecule has 3 rings (SSSR count). The Morgan fingerprint density at radius 3 is 2.51 bits per heavy atom. The number of pyridine rings is 1. The normalized spacial score (nSPS) is 11.5. The minimum Gasteiger partial charge on any atom is -0.452 e. The number of aryl methyl sites for hydroxylation is 1. The van der Waals surface area contributed by atoms with Crippen LogP contribution in [0.3, 0.4) is 0 Å². The molecular formula is C25H27F4N3O2S. The van der Waals surface area contributed by atoms with Crippen LogP contribution >= 0.6 is 11.3 Å². The first-order valence-electron chi connectivity index (χ1n) is 11.4. The van der Waals surface area contributed by atoms with Gasteiger partial charge in [-0.1, -0.05) is 56.4 Å². The van der Waals surface area contributed by atoms with Crippen molar-refractivity contribution in [2.75, 3.05) is 12.0 Å². The quantitative estimate of drug-likeness (QED) is 0.204. The average molecular weight is 510 g/mol. The number of nitrogens with zero attached hydrogens (tertiary/aromatic N) is 3. The minimum atomic E-state index is -4.62. The van der Waals surface area contributed by atoms with E-state index in [-0.39, 0.29) is 28.5 Å². The van der Waals surface area contributed by atoms with Crippen LogP contribution < -0.4 is 4.90 Å². The molecule has 1 aromatic carbocycles. The van der Waals surface area contributed by atoms with Gasteiger partial charge in [0, 0.05) is 18.0 Å². The van der Waals surface area contributed by atoms with E-state index in [4.69, 9.17) is 4.74 Å². The molecule has 10 heteroatoms. The summed E-state index contributed by atoms with van der Waals surface area (Å²) in [6, 6.07) is 6.86. The lowest BCUT2D eigenvalue weighted by atomic mass is 9.99. The fourth-order valence-electron chi connectivity index (χ4n) is 3.73. The van der Waals surface area contributed by atoms with Gasteiger partial charge in [-0.05, 0) is 42.7 Å². The van der Waals surface area contributed by atoms with Crippen molar-refractivity contribution < 1.29 is 27.1 Å². The molecule has 0 N–H and O–H groups in total. The fourth-order valence-corrected chi connectivity index (χ4v) is 4.56. The van der Waals surface area contributed by atoms with Crippen molar-refractivity contribution in [3.63, 3.8) is 0 Å². The van der Waals surface area contributed by atoms with Crippen LogP contribution in [0.25, 0.3) is 11.3 Å². The number of carbonyl (C=O) groups is 1. The molecule has 3 aromatic rings. The van der Waals surface area contributed by atoms with Crippen molar-refractivity contribution in [1.29, 1.82) is 0 Å². The second-order valence-electron chi connectivity index (χ2n) is 8.02. The van der Waals surface area contributed by atoms with Crippen molar-refractivity contribution >= 4 is 28.2 Å². The zero-order valence-corrected chi connectivity index (χ0v) is 20.4. The molecular weight excluding hydrogens is 482 g/mol. The molecule has 0 unspecified atom stereocenters. The van der Waals surface area contributed by atoms with Gasteiger partial charge in [0.05, 0.1) is 18.4 Å². The van der Waals surface area contributed by atoms with Crippen molar-refractivity contribution in [2.24, 2.45) is 0 Å². The predicted octanol–water partition coefficient (Wildman–Crippen LogP) is 8.17. The number of halogens is 4. The number of alkyl halides is 3. The summed E-state index contributed by atoms with van der Waals surface area (Å²) in [5, 5.41) is -0.845. The van der Waals surface area contributed by atoms with E-state index < -0.39 is 23.0 Å². The lowest BCUT2D eigenvalue weighted by Crippen LogP contribution is -2.26. The number of amides is 1. The van der Waals surface area contributed by atoms with Crippen LogP contribution in [0.2, 0.25) is 0 Å². The van der Waals surface area contributed by atoms with Crippen LogP contribution in [0, 0.1) is 5.13 Å². The number of thiazole rings is 1. The summed E-state index contributed by atoms with van der Waals surface area (Å²) in [5.74, 6) is 0. The monoisotopic (exact) mass is 509 g/mol. The molecule has 0 bridgehead atoms. The van der Waals surface area contributed by atoms with Crippen LogP contribution in [0.5, 0.6) is 0 Å². The largest absolute Gasteiger partial charge is 0.452 e. The maximum absolute atomic E-state index is 14.7. The van der Waals surface area contributed by atoms with Gasteiger partial charge in [-0.2, -0.15) is 17.6 Å². The average Bonchev–Trinajstić information content (AvgIpc) is 3.22. The third-order valence-electron chi connectivity index (χ3n) is 5.51. The summed E-state index contributed by atoms with van der Waals surface area (Å²) in [6.07, 6.45) is 3.36. The summed E-state index contributed by atoms with van der Waals surface area (Å²) in [6.45, 7) is 2.11. The van der Waals surface area contributed by atoms with Gasteiger partial charge in [-0.15, -0.1) is 0 Å². The topological polar surface area (TPSA) is 55.3 Å². The van der Waals surface area contributed by atoms with Gasteiger partial charge in [-0.25, -0.2) is 14.7 Å². The van der Waals surface area contributed by atoms with E-state index in [9.17, 15) is 22.4 Å². The van der Waals surface area contributed by atoms with Crippen molar-refractivity contribution in [1.82, 2.24) is 9.97 Å². The Bertz CT molecular complexity index is 1120. The number of hydrogen-bond acceptors (Lipinski definition) is 5. The summed E-state index contributed by atoms with van der Waals surface area (Å²) in [5.41, 5.74) is -0.461. The molecule has 1 amide bonds. The summed E-state index contributed by atoms with van der Waals surface area (Å²) >= 11 is 0.535. The highest BCUT2D eigenvalue weighted by Gasteiger charge is 2.35. The van der Waals surface area contributed by atoms with Crippen LogP contribution in [0.1, 0.15) is 56.6 Å². The van der Waals surface area contributed by atoms with E-state index in [0.29, 0.717) is 23.3 Å². The van der Waals surface area contributed by atoms with E-state index in [1.54, 1.807) is 12.1 Å². The number of hydrogen-bond donors (Lipinski definition) is 0. The Morgan fingerprint density at radius 1 is 1.11 bits per heavy atom. The zero-order chi connectivity index (χ0) is 25.4. The minimum absolute atomic E-state index is 0.0530. The van der Waals surface area contributed by atoms with Crippen LogP contribution in [-0.4, -0.2) is 23.2 Å². The number of ether oxygens (including phenoxy) is 1. The standard InChI is InChI=1S/C25H27F4N3O2S/c1-3-4-5-6-7-8-10-17-12-13-19(15-20(17)25(27,28)29)32(24(33)34-2)23-31-21(22(26)35-23)18-11-9-14-30-16-18/h9,11-16H,3-8,10H2,1-2H3. The van der Waals surface area contributed by atoms with Crippen LogP contribution in [-0.2, 0) is 17.3 Å². The van der Waals surface area contributed by atoms with E-state index >= 15 is 0 Å². The number of rotatable bonds is 10. The van der Waals surface area contributed by atoms with Gasteiger partial charge in [0.15, 0.2) is 0 Å². The van der Waals surface area contributed by atoms with Gasteiger partial charge >= 0.3 is 12.3 Å². The van der Waals surface area contributed by atoms with E-state index in [1.807, 2.05) is 0 Å². The SMILES string of the molecule is CCCCCCCCc1ccc(N(C(=O)OC)c2nc(-c3cccnc3)c(F)s2)cc1C(F)(F)F. The van der Waals surface area contributed by atoms with Gasteiger partial charge in [-0.3, -0.25) is 4.98 Å². The van der Waals surface area contributed by atoms with Gasteiger partial charge < -0.3 is 4.74 Å². The van der Waals surface area contributed by atoms with Gasteiger partial charge in [0.1, 0.15) is 5.69 Å². The molecule has 2 aromatic heterocycles. The molecule has 188 valence electrons. The molecule has 5 nitrogen and oxygen atoms in total. The first-order valence-corrected chi connectivity index (χ1v) is 12.2. The number of methoxy groups -OCH3 is 1. The third-order valence-corrected chi connectivity index (χ3v) is 6.34. The number of benzene rings is 1. The molecule has 0 fully saturated rings. The number of anilines is 2. The molecule has 35 heavy (non-hydrogen) atoms. The Morgan fingerprint density at radius 2 is 1.86 bits per heavy atom. The van der Waals surface area contributed by atoms with Crippen molar-refractivity contribution in [2.45, 2.75) is 58.0 Å². The lowest BCUT2D eigenvalue weighted by molar-refractivity contribution is -0.138. The van der Waals surface area contributed by atoms with E-state index in [1.165, 1.54) is 24.5 Å². The van der Waals surface area contributed by atoms with Crippen LogP contribution in [0.15, 0.2) is 42.7 Å². The molecule has 0 saturated carbocycles. The van der Waals surface area contributed by atoms with Gasteiger partial charge in [0.25, 0.3) is 0 Å². The highest BCUT2D eigenvalue weighted by Crippen LogP contribution is 2.39. The molecule has 0 aliphatic heterocycles. The third kappa shape index (κ3) is 6.78. The summed E-state index contributed by atoms with van der Waals surface area (Å²) < 4.78 is 61.3.